The fourth-order valence-electron chi connectivity index (χ4n) is 6.62. The summed E-state index contributed by atoms with van der Waals surface area (Å²) in [6.07, 6.45) is 1.31. The average Bonchev–Trinajstić information content (AvgIpc) is 3.23. The van der Waals surface area contributed by atoms with E-state index in [0.29, 0.717) is 25.7 Å². The molecule has 0 bridgehead atoms. The Morgan fingerprint density at radius 2 is 0.803 bits per heavy atom. The van der Waals surface area contributed by atoms with Crippen molar-refractivity contribution in [2.45, 2.75) is 158 Å². The lowest BCUT2D eigenvalue weighted by Crippen LogP contribution is -2.57. The Morgan fingerprint density at radius 3 is 1.09 bits per heavy atom. The van der Waals surface area contributed by atoms with Gasteiger partial charge in [0.1, 0.15) is 36.3 Å². The topological polar surface area (TPSA) is 259 Å². The molecule has 0 aliphatic carbocycles. The van der Waals surface area contributed by atoms with E-state index in [0.717, 1.165) is 0 Å². The number of pyridine rings is 1. The molecule has 6 amide bonds. The van der Waals surface area contributed by atoms with E-state index in [-0.39, 0.29) is 85.1 Å². The molecule has 0 radical (unpaired) electrons. The van der Waals surface area contributed by atoms with Gasteiger partial charge in [-0.05, 0) is 61.2 Å². The molecule has 0 fully saturated rings. The van der Waals surface area contributed by atoms with Gasteiger partial charge in [-0.1, -0.05) is 89.2 Å². The van der Waals surface area contributed by atoms with Crippen molar-refractivity contribution in [2.75, 3.05) is 27.4 Å². The molecule has 374 valence electrons. The Bertz CT molecular complexity index is 1620. The summed E-state index contributed by atoms with van der Waals surface area (Å²) in [5.41, 5.74) is 0. The monoisotopic (exact) mass is 934 g/mol. The zero-order valence-electron chi connectivity index (χ0n) is 41.7. The summed E-state index contributed by atoms with van der Waals surface area (Å²) in [6.45, 7) is 22.1. The highest BCUT2D eigenvalue weighted by atomic mass is 16.5. The Morgan fingerprint density at radius 1 is 0.470 bits per heavy atom. The first kappa shape index (κ1) is 58.5. The van der Waals surface area contributed by atoms with Crippen molar-refractivity contribution in [2.24, 2.45) is 35.5 Å². The predicted molar refractivity (Wildman–Crippen MR) is 248 cm³/mol. The number of aromatic nitrogens is 1. The van der Waals surface area contributed by atoms with Gasteiger partial charge in [-0.3, -0.25) is 28.8 Å². The fraction of sp³-hybridized carbons (Fsp3) is 0.723. The van der Waals surface area contributed by atoms with Gasteiger partial charge in [0.05, 0.1) is 27.4 Å². The molecule has 1 rings (SSSR count). The highest BCUT2D eigenvalue weighted by Gasteiger charge is 2.34. The van der Waals surface area contributed by atoms with Gasteiger partial charge in [0.15, 0.2) is 0 Å². The first-order valence-electron chi connectivity index (χ1n) is 23.1. The molecule has 1 aromatic heterocycles. The van der Waals surface area contributed by atoms with E-state index in [4.69, 9.17) is 18.9 Å². The van der Waals surface area contributed by atoms with E-state index in [1.807, 2.05) is 27.7 Å². The third kappa shape index (κ3) is 21.7. The van der Waals surface area contributed by atoms with Gasteiger partial charge in [-0.2, -0.15) is 4.98 Å². The van der Waals surface area contributed by atoms with Gasteiger partial charge < -0.3 is 50.8 Å². The first-order valence-corrected chi connectivity index (χ1v) is 23.1. The van der Waals surface area contributed by atoms with Crippen LogP contribution in [0.2, 0.25) is 0 Å². The minimum Gasteiger partial charge on any atom is -0.478 e. The molecule has 6 N–H and O–H groups in total. The van der Waals surface area contributed by atoms with E-state index in [1.54, 1.807) is 73.6 Å². The second kappa shape index (κ2) is 29.9. The molecule has 1 aromatic rings. The summed E-state index contributed by atoms with van der Waals surface area (Å²) in [5.74, 6) is -4.53. The van der Waals surface area contributed by atoms with Crippen molar-refractivity contribution in [3.8, 4) is 11.8 Å². The molecule has 0 aliphatic rings. The highest BCUT2D eigenvalue weighted by molar-refractivity contribution is 5.95. The lowest BCUT2D eigenvalue weighted by Gasteiger charge is -2.28. The third-order valence-corrected chi connectivity index (χ3v) is 10.3. The number of carbonyl (C=O) groups is 8. The molecule has 0 aliphatic heterocycles. The van der Waals surface area contributed by atoms with Crippen molar-refractivity contribution < 1.29 is 57.3 Å². The molecular formula is C47H79N7O12. The number of carbonyl (C=O) groups excluding carboxylic acids is 8. The normalized spacial score (nSPS) is 14.1. The molecule has 19 nitrogen and oxygen atoms in total. The molecule has 0 aromatic carbocycles. The lowest BCUT2D eigenvalue weighted by molar-refractivity contribution is -0.147. The quantitative estimate of drug-likeness (QED) is 0.0479. The maximum Gasteiger partial charge on any atom is 0.328 e. The van der Waals surface area contributed by atoms with E-state index in [9.17, 15) is 38.4 Å². The molecule has 1 heterocycles. The fourth-order valence-corrected chi connectivity index (χ4v) is 6.62. The van der Waals surface area contributed by atoms with Crippen LogP contribution in [0.1, 0.15) is 122 Å². The number of amides is 6. The van der Waals surface area contributed by atoms with Crippen LogP contribution >= 0.6 is 0 Å². The van der Waals surface area contributed by atoms with Crippen molar-refractivity contribution in [1.29, 1.82) is 0 Å². The van der Waals surface area contributed by atoms with Gasteiger partial charge in [0.2, 0.25) is 47.2 Å². The maximum absolute atomic E-state index is 13.4. The first-order chi connectivity index (χ1) is 30.9. The van der Waals surface area contributed by atoms with Crippen molar-refractivity contribution in [3.05, 3.63) is 18.2 Å². The van der Waals surface area contributed by atoms with Crippen LogP contribution in [0.25, 0.3) is 0 Å². The summed E-state index contributed by atoms with van der Waals surface area (Å²) in [6, 6.07) is -0.563. The van der Waals surface area contributed by atoms with Crippen LogP contribution in [0, 0.1) is 35.5 Å². The molecule has 19 heteroatoms. The summed E-state index contributed by atoms with van der Waals surface area (Å²) in [7, 11) is 2.48. The van der Waals surface area contributed by atoms with Crippen LogP contribution in [-0.2, 0) is 47.8 Å². The van der Waals surface area contributed by atoms with Crippen LogP contribution in [0.5, 0.6) is 11.8 Å². The van der Waals surface area contributed by atoms with E-state index in [1.165, 1.54) is 14.2 Å². The van der Waals surface area contributed by atoms with Crippen molar-refractivity contribution >= 4 is 47.4 Å². The number of nitrogens with one attached hydrogen (secondary N) is 6. The number of hydrogen-bond acceptors (Lipinski definition) is 13. The summed E-state index contributed by atoms with van der Waals surface area (Å²) in [4.78, 5) is 108. The Balaban J connectivity index is 2.71. The summed E-state index contributed by atoms with van der Waals surface area (Å²) < 4.78 is 21.2. The van der Waals surface area contributed by atoms with E-state index >= 15 is 0 Å². The zero-order chi connectivity index (χ0) is 50.3. The van der Waals surface area contributed by atoms with Crippen LogP contribution in [0.4, 0.5) is 0 Å². The molecule has 0 spiro atoms. The average molecular weight is 934 g/mol. The van der Waals surface area contributed by atoms with Crippen LogP contribution < -0.4 is 41.4 Å². The molecular weight excluding hydrogens is 855 g/mol. The largest absolute Gasteiger partial charge is 0.478 e. The van der Waals surface area contributed by atoms with Crippen LogP contribution in [-0.4, -0.2) is 116 Å². The lowest BCUT2D eigenvalue weighted by atomic mass is 9.98. The molecule has 0 saturated heterocycles. The standard InChI is InChI=1S/C47H79N7O12/c1-26(2)24-32(42(57)53-40(30(9)10)46(61)63-13)48-44(59)38(28(5)6)50-34(55)18-16-22-65-36-20-15-21-37(52-36)66-23-17-19-35(56)51-39(29(7)8)45(60)49-33(25-27(3)4)43(58)54-41(31(11)12)47(62)64-14/h15,20-21,26-33,38-41H,16-19,22-25H2,1-14H3,(H,48,59)(H,49,60)(H,50,55)(H,51,56)(H,53,57)(H,54,58)/t32-,33-,38-,39-,40-,41-/m0/s1. The number of hydrogen-bond donors (Lipinski definition) is 6. The molecule has 0 saturated carbocycles. The Kier molecular flexibility index (Phi) is 26.5. The van der Waals surface area contributed by atoms with Gasteiger partial charge in [-0.15, -0.1) is 0 Å². The van der Waals surface area contributed by atoms with Gasteiger partial charge in [0, 0.05) is 25.0 Å². The summed E-state index contributed by atoms with van der Waals surface area (Å²) in [5, 5.41) is 16.5. The Hall–Kier alpha value is -5.49. The minimum absolute atomic E-state index is 0.0371. The zero-order valence-corrected chi connectivity index (χ0v) is 41.7. The van der Waals surface area contributed by atoms with Crippen LogP contribution in [0.15, 0.2) is 18.2 Å². The number of rotatable bonds is 30. The second-order valence-electron chi connectivity index (χ2n) is 18.7. The number of esters is 2. The van der Waals surface area contributed by atoms with Gasteiger partial charge >= 0.3 is 11.9 Å². The SMILES string of the molecule is COC(=O)[C@@H](NC(=O)[C@H](CC(C)C)NC(=O)[C@@H](NC(=O)CCCOc1cccc(OCCCC(=O)N[C@H](C(=O)N[C@@H](CC(C)C)C(=O)N[C@H](C(=O)OC)C(C)C)C(C)C)n1)C(C)C)C(C)C. The maximum atomic E-state index is 13.4. The Labute approximate surface area is 391 Å². The smallest absolute Gasteiger partial charge is 0.328 e. The molecule has 66 heavy (non-hydrogen) atoms. The summed E-state index contributed by atoms with van der Waals surface area (Å²) >= 11 is 0. The third-order valence-electron chi connectivity index (χ3n) is 10.3. The van der Waals surface area contributed by atoms with Gasteiger partial charge in [0.25, 0.3) is 0 Å². The highest BCUT2D eigenvalue weighted by Crippen LogP contribution is 2.16. The molecule has 6 atom stereocenters. The molecule has 0 unspecified atom stereocenters. The second-order valence-corrected chi connectivity index (χ2v) is 18.7. The number of nitrogens with zero attached hydrogens (tertiary/aromatic N) is 1. The number of ether oxygens (including phenoxy) is 4. The minimum atomic E-state index is -0.943. The van der Waals surface area contributed by atoms with Gasteiger partial charge in [-0.25, -0.2) is 9.59 Å². The van der Waals surface area contributed by atoms with E-state index in [2.05, 4.69) is 36.9 Å². The predicted octanol–water partition coefficient (Wildman–Crippen LogP) is 3.37. The van der Waals surface area contributed by atoms with Crippen molar-refractivity contribution in [1.82, 2.24) is 36.9 Å². The van der Waals surface area contributed by atoms with Crippen LogP contribution in [0.3, 0.4) is 0 Å². The van der Waals surface area contributed by atoms with E-state index < -0.39 is 71.8 Å². The number of methoxy groups -OCH3 is 2. The van der Waals surface area contributed by atoms with Crippen molar-refractivity contribution in [3.63, 3.8) is 0 Å².